The average Bonchev–Trinajstić information content (AvgIpc) is 2.46. The maximum absolute atomic E-state index is 6.46. The molecule has 0 saturated heterocycles. The van der Waals surface area contributed by atoms with Gasteiger partial charge in [-0.25, -0.2) is 0 Å². The molecule has 0 aromatic carbocycles. The van der Waals surface area contributed by atoms with Crippen molar-refractivity contribution in [3.05, 3.63) is 0 Å². The predicted octanol–water partition coefficient (Wildman–Crippen LogP) is 5.33. The summed E-state index contributed by atoms with van der Waals surface area (Å²) in [5.74, 6) is 1.67. The fourth-order valence-corrected chi connectivity index (χ4v) is 4.24. The summed E-state index contributed by atoms with van der Waals surface area (Å²) in [6.07, 6.45) is 15.4. The van der Waals surface area contributed by atoms with Crippen molar-refractivity contribution < 1.29 is 4.74 Å². The van der Waals surface area contributed by atoms with Crippen LogP contribution in [0.4, 0.5) is 0 Å². The minimum atomic E-state index is 0.191. The van der Waals surface area contributed by atoms with Crippen molar-refractivity contribution in [3.8, 4) is 0 Å². The third-order valence-corrected chi connectivity index (χ3v) is 5.45. The lowest BCUT2D eigenvalue weighted by Crippen LogP contribution is -2.46. The van der Waals surface area contributed by atoms with Crippen LogP contribution in [-0.2, 0) is 4.74 Å². The fourth-order valence-electron chi connectivity index (χ4n) is 4.24. The zero-order valence-corrected chi connectivity index (χ0v) is 12.5. The first kappa shape index (κ1) is 14.4. The molecule has 0 aliphatic heterocycles. The SMILES string of the molecule is CCCOC(C)(C1CCCCC1)C1CCCCC1. The molecule has 2 fully saturated rings. The molecule has 0 radical (unpaired) electrons. The molecular formula is C17H32O. The van der Waals surface area contributed by atoms with Crippen LogP contribution in [0.3, 0.4) is 0 Å². The van der Waals surface area contributed by atoms with Gasteiger partial charge in [-0.1, -0.05) is 45.4 Å². The van der Waals surface area contributed by atoms with E-state index in [1.165, 1.54) is 64.2 Å². The molecule has 0 atom stereocenters. The van der Waals surface area contributed by atoms with Crippen LogP contribution < -0.4 is 0 Å². The molecule has 1 nitrogen and oxygen atoms in total. The largest absolute Gasteiger partial charge is 0.375 e. The molecular weight excluding hydrogens is 220 g/mol. The van der Waals surface area contributed by atoms with Gasteiger partial charge in [0.15, 0.2) is 0 Å². The van der Waals surface area contributed by atoms with Crippen molar-refractivity contribution in [1.29, 1.82) is 0 Å². The molecule has 0 heterocycles. The van der Waals surface area contributed by atoms with E-state index in [0.717, 1.165) is 24.9 Å². The highest BCUT2D eigenvalue weighted by Gasteiger charge is 2.42. The van der Waals surface area contributed by atoms with Crippen molar-refractivity contribution in [2.75, 3.05) is 6.61 Å². The monoisotopic (exact) mass is 252 g/mol. The Hall–Kier alpha value is -0.0400. The van der Waals surface area contributed by atoms with E-state index in [9.17, 15) is 0 Å². The standard InChI is InChI=1S/C17H32O/c1-3-14-18-17(2,15-10-6-4-7-11-15)16-12-8-5-9-13-16/h15-16H,3-14H2,1-2H3. The van der Waals surface area contributed by atoms with Gasteiger partial charge >= 0.3 is 0 Å². The van der Waals surface area contributed by atoms with Crippen molar-refractivity contribution in [2.45, 2.75) is 90.1 Å². The molecule has 0 N–H and O–H groups in total. The molecule has 0 aromatic rings. The van der Waals surface area contributed by atoms with Crippen molar-refractivity contribution in [2.24, 2.45) is 11.8 Å². The van der Waals surface area contributed by atoms with Crippen LogP contribution in [-0.4, -0.2) is 12.2 Å². The Labute approximate surface area is 114 Å². The summed E-state index contributed by atoms with van der Waals surface area (Å²) >= 11 is 0. The van der Waals surface area contributed by atoms with E-state index in [1.54, 1.807) is 0 Å². The highest BCUT2D eigenvalue weighted by molar-refractivity contribution is 4.93. The van der Waals surface area contributed by atoms with Crippen LogP contribution in [0.2, 0.25) is 0 Å². The van der Waals surface area contributed by atoms with E-state index < -0.39 is 0 Å². The summed E-state index contributed by atoms with van der Waals surface area (Å²) in [6.45, 7) is 5.65. The highest BCUT2D eigenvalue weighted by atomic mass is 16.5. The normalized spacial score (nSPS) is 24.3. The van der Waals surface area contributed by atoms with E-state index in [4.69, 9.17) is 4.74 Å². The molecule has 106 valence electrons. The minimum Gasteiger partial charge on any atom is -0.375 e. The Morgan fingerprint density at radius 1 is 0.833 bits per heavy atom. The van der Waals surface area contributed by atoms with Crippen LogP contribution in [0.15, 0.2) is 0 Å². The number of ether oxygens (including phenoxy) is 1. The van der Waals surface area contributed by atoms with Crippen LogP contribution in [0.5, 0.6) is 0 Å². The van der Waals surface area contributed by atoms with E-state index in [1.807, 2.05) is 0 Å². The summed E-state index contributed by atoms with van der Waals surface area (Å²) in [6, 6.07) is 0. The minimum absolute atomic E-state index is 0.191. The van der Waals surface area contributed by atoms with Gasteiger partial charge in [-0.3, -0.25) is 0 Å². The van der Waals surface area contributed by atoms with Crippen molar-refractivity contribution >= 4 is 0 Å². The average molecular weight is 252 g/mol. The zero-order valence-electron chi connectivity index (χ0n) is 12.5. The summed E-state index contributed by atoms with van der Waals surface area (Å²) in [5.41, 5.74) is 0.191. The van der Waals surface area contributed by atoms with Crippen LogP contribution >= 0.6 is 0 Å². The topological polar surface area (TPSA) is 9.23 Å². The molecule has 0 spiro atoms. The van der Waals surface area contributed by atoms with Gasteiger partial charge in [0.2, 0.25) is 0 Å². The summed E-state index contributed by atoms with van der Waals surface area (Å²) in [7, 11) is 0. The molecule has 2 aliphatic carbocycles. The van der Waals surface area contributed by atoms with Gasteiger partial charge in [0.05, 0.1) is 5.60 Å². The number of rotatable bonds is 5. The van der Waals surface area contributed by atoms with Gasteiger partial charge in [-0.15, -0.1) is 0 Å². The maximum Gasteiger partial charge on any atom is 0.0710 e. The van der Waals surface area contributed by atoms with Gasteiger partial charge in [0.1, 0.15) is 0 Å². The van der Waals surface area contributed by atoms with Crippen molar-refractivity contribution in [1.82, 2.24) is 0 Å². The lowest BCUT2D eigenvalue weighted by Gasteiger charge is -2.46. The second-order valence-electron chi connectivity index (χ2n) is 6.70. The molecule has 0 unspecified atom stereocenters. The number of hydrogen-bond donors (Lipinski definition) is 0. The Balaban J connectivity index is 2.04. The molecule has 1 heteroatoms. The Morgan fingerprint density at radius 2 is 1.28 bits per heavy atom. The Morgan fingerprint density at radius 3 is 1.67 bits per heavy atom. The highest BCUT2D eigenvalue weighted by Crippen LogP contribution is 2.44. The van der Waals surface area contributed by atoms with Gasteiger partial charge < -0.3 is 4.74 Å². The molecule has 0 amide bonds. The van der Waals surface area contributed by atoms with E-state index in [0.29, 0.717) is 0 Å². The maximum atomic E-state index is 6.46. The van der Waals surface area contributed by atoms with Crippen molar-refractivity contribution in [3.63, 3.8) is 0 Å². The molecule has 2 rings (SSSR count). The second kappa shape index (κ2) is 6.93. The first-order valence-corrected chi connectivity index (χ1v) is 8.41. The lowest BCUT2D eigenvalue weighted by molar-refractivity contribution is -0.129. The van der Waals surface area contributed by atoms with Gasteiger partial charge in [0.25, 0.3) is 0 Å². The molecule has 0 bridgehead atoms. The zero-order chi connectivity index (χ0) is 12.8. The number of hydrogen-bond acceptors (Lipinski definition) is 1. The third kappa shape index (κ3) is 3.29. The van der Waals surface area contributed by atoms with Gasteiger partial charge in [0, 0.05) is 6.61 Å². The summed E-state index contributed by atoms with van der Waals surface area (Å²) in [5, 5.41) is 0. The molecule has 2 saturated carbocycles. The molecule has 18 heavy (non-hydrogen) atoms. The first-order chi connectivity index (χ1) is 8.77. The van der Waals surface area contributed by atoms with E-state index in [-0.39, 0.29) is 5.60 Å². The third-order valence-electron chi connectivity index (χ3n) is 5.45. The van der Waals surface area contributed by atoms with Crippen LogP contribution in [0, 0.1) is 11.8 Å². The van der Waals surface area contributed by atoms with Gasteiger partial charge in [-0.05, 0) is 50.9 Å². The quantitative estimate of drug-likeness (QED) is 0.642. The van der Waals surface area contributed by atoms with Gasteiger partial charge in [-0.2, -0.15) is 0 Å². The van der Waals surface area contributed by atoms with E-state index >= 15 is 0 Å². The molecule has 2 aliphatic rings. The predicted molar refractivity (Wildman–Crippen MR) is 77.8 cm³/mol. The molecule has 0 aromatic heterocycles. The van der Waals surface area contributed by atoms with Crippen LogP contribution in [0.1, 0.15) is 84.5 Å². The summed E-state index contributed by atoms with van der Waals surface area (Å²) < 4.78 is 6.46. The fraction of sp³-hybridized carbons (Fsp3) is 1.00. The van der Waals surface area contributed by atoms with Crippen LogP contribution in [0.25, 0.3) is 0 Å². The summed E-state index contributed by atoms with van der Waals surface area (Å²) in [4.78, 5) is 0. The lowest BCUT2D eigenvalue weighted by atomic mass is 9.67. The van der Waals surface area contributed by atoms with E-state index in [2.05, 4.69) is 13.8 Å². The smallest absolute Gasteiger partial charge is 0.0710 e. The second-order valence-corrected chi connectivity index (χ2v) is 6.70. The first-order valence-electron chi connectivity index (χ1n) is 8.41. The Kier molecular flexibility index (Phi) is 5.54. The Bertz CT molecular complexity index is 206.